The van der Waals surface area contributed by atoms with Crippen LogP contribution in [0.1, 0.15) is 54.3 Å². The van der Waals surface area contributed by atoms with Crippen molar-refractivity contribution in [2.45, 2.75) is 12.8 Å². The quantitative estimate of drug-likeness (QED) is 0.528. The second kappa shape index (κ2) is 8.17. The minimum Gasteiger partial charge on any atom is -0.304 e. The molecule has 8 heteroatoms. The van der Waals surface area contributed by atoms with E-state index in [1.165, 1.54) is 9.80 Å². The molecule has 0 aromatic heterocycles. The number of carbonyl (C=O) groups excluding carboxylic acids is 4. The van der Waals surface area contributed by atoms with Gasteiger partial charge in [0.05, 0.1) is 28.9 Å². The monoisotopic (exact) mass is 407 g/mol. The molecule has 154 valence electrons. The predicted molar refractivity (Wildman–Crippen MR) is 106 cm³/mol. The van der Waals surface area contributed by atoms with Gasteiger partial charge in [-0.2, -0.15) is 0 Å². The number of benzene rings is 2. The summed E-state index contributed by atoms with van der Waals surface area (Å²) in [4.78, 5) is 57.3. The number of imide groups is 2. The summed E-state index contributed by atoms with van der Waals surface area (Å²) >= 11 is 0. The van der Waals surface area contributed by atoms with Crippen LogP contribution >= 0.6 is 0 Å². The molecule has 2 heterocycles. The Bertz CT molecular complexity index is 885. The van der Waals surface area contributed by atoms with E-state index in [0.29, 0.717) is 35.1 Å². The van der Waals surface area contributed by atoms with E-state index in [-0.39, 0.29) is 49.2 Å². The first-order valence-corrected chi connectivity index (χ1v) is 9.75. The second-order valence-corrected chi connectivity index (χ2v) is 7.39. The Kier molecular flexibility index (Phi) is 5.43. The smallest absolute Gasteiger partial charge is 0.261 e. The van der Waals surface area contributed by atoms with Gasteiger partial charge in [0.25, 0.3) is 23.6 Å². The third-order valence-electron chi connectivity index (χ3n) is 5.61. The highest BCUT2D eigenvalue weighted by molar-refractivity contribution is 6.22. The second-order valence-electron chi connectivity index (χ2n) is 7.39. The molecule has 4 amide bonds. The van der Waals surface area contributed by atoms with Gasteiger partial charge >= 0.3 is 0 Å². The normalized spacial score (nSPS) is 15.4. The van der Waals surface area contributed by atoms with Crippen molar-refractivity contribution < 1.29 is 24.0 Å². The highest BCUT2D eigenvalue weighted by atomic mass is 16.6. The molecule has 2 N–H and O–H groups in total. The van der Waals surface area contributed by atoms with Crippen LogP contribution in [0.3, 0.4) is 0 Å². The fourth-order valence-electron chi connectivity index (χ4n) is 3.95. The van der Waals surface area contributed by atoms with Crippen molar-refractivity contribution in [3.05, 3.63) is 70.8 Å². The van der Waals surface area contributed by atoms with Crippen LogP contribution in [-0.2, 0) is 4.84 Å². The van der Waals surface area contributed by atoms with Gasteiger partial charge in [-0.15, -0.1) is 0 Å². The summed E-state index contributed by atoms with van der Waals surface area (Å²) in [7, 11) is 0. The average Bonchev–Trinajstić information content (AvgIpc) is 3.15. The first-order valence-electron chi connectivity index (χ1n) is 9.75. The molecule has 30 heavy (non-hydrogen) atoms. The number of hydrogen-bond donors (Lipinski definition) is 1. The minimum atomic E-state index is -0.316. The van der Waals surface area contributed by atoms with E-state index in [4.69, 9.17) is 10.7 Å². The minimum absolute atomic E-state index is 0.136. The van der Waals surface area contributed by atoms with Crippen LogP contribution in [0.2, 0.25) is 0 Å². The molecule has 2 aliphatic heterocycles. The van der Waals surface area contributed by atoms with E-state index in [1.807, 2.05) is 0 Å². The SMILES string of the molecule is NOCC(CCN1C(=O)c2ccccc2C1=O)CCN1C(=O)c2ccccc2C1=O. The molecule has 0 spiro atoms. The van der Waals surface area contributed by atoms with Gasteiger partial charge < -0.3 is 4.84 Å². The Balaban J connectivity index is 1.38. The van der Waals surface area contributed by atoms with Gasteiger partial charge in [0.15, 0.2) is 0 Å². The zero-order chi connectivity index (χ0) is 21.3. The Morgan fingerprint density at radius 2 is 1.00 bits per heavy atom. The highest BCUT2D eigenvalue weighted by Gasteiger charge is 2.37. The lowest BCUT2D eigenvalue weighted by Gasteiger charge is -2.22. The van der Waals surface area contributed by atoms with Crippen LogP contribution in [0.5, 0.6) is 0 Å². The van der Waals surface area contributed by atoms with Crippen molar-refractivity contribution >= 4 is 23.6 Å². The summed E-state index contributed by atoms with van der Waals surface area (Å²) in [5.74, 6) is 3.85. The highest BCUT2D eigenvalue weighted by Crippen LogP contribution is 2.26. The molecule has 0 saturated heterocycles. The Morgan fingerprint density at radius 3 is 1.30 bits per heavy atom. The number of fused-ring (bicyclic) bond motifs is 2. The summed E-state index contributed by atoms with van der Waals surface area (Å²) < 4.78 is 0. The molecule has 0 aliphatic carbocycles. The topological polar surface area (TPSA) is 110 Å². The molecular weight excluding hydrogens is 386 g/mol. The fraction of sp³-hybridized carbons (Fsp3) is 0.273. The summed E-state index contributed by atoms with van der Waals surface area (Å²) in [5, 5.41) is 0. The van der Waals surface area contributed by atoms with Gasteiger partial charge in [-0.05, 0) is 43.0 Å². The Morgan fingerprint density at radius 1 is 0.667 bits per heavy atom. The van der Waals surface area contributed by atoms with Gasteiger partial charge in [-0.25, -0.2) is 5.90 Å². The van der Waals surface area contributed by atoms with E-state index in [0.717, 1.165) is 0 Å². The zero-order valence-corrected chi connectivity index (χ0v) is 16.2. The number of nitrogens with two attached hydrogens (primary N) is 1. The molecule has 8 nitrogen and oxygen atoms in total. The first kappa shape index (κ1) is 19.9. The molecular formula is C22H21N3O5. The largest absolute Gasteiger partial charge is 0.304 e. The molecule has 2 aliphatic rings. The van der Waals surface area contributed by atoms with Gasteiger partial charge in [-0.3, -0.25) is 29.0 Å². The third kappa shape index (κ3) is 3.40. The number of hydrogen-bond acceptors (Lipinski definition) is 6. The number of amides is 4. The van der Waals surface area contributed by atoms with Crippen LogP contribution in [0.15, 0.2) is 48.5 Å². The fourth-order valence-corrected chi connectivity index (χ4v) is 3.95. The zero-order valence-electron chi connectivity index (χ0n) is 16.2. The van der Waals surface area contributed by atoms with Crippen molar-refractivity contribution in [1.29, 1.82) is 0 Å². The van der Waals surface area contributed by atoms with E-state index in [9.17, 15) is 19.2 Å². The van der Waals surface area contributed by atoms with E-state index in [2.05, 4.69) is 0 Å². The van der Waals surface area contributed by atoms with E-state index < -0.39 is 0 Å². The first-order chi connectivity index (χ1) is 14.5. The summed E-state index contributed by atoms with van der Waals surface area (Å²) in [6, 6.07) is 13.4. The molecule has 2 aromatic carbocycles. The van der Waals surface area contributed by atoms with Gasteiger partial charge in [0.1, 0.15) is 0 Å². The number of nitrogens with zero attached hydrogens (tertiary/aromatic N) is 2. The molecule has 2 aromatic rings. The standard InChI is InChI=1S/C22H21N3O5/c23-30-13-14(9-11-24-19(26)15-5-1-2-6-16(15)20(24)27)10-12-25-21(28)17-7-3-4-8-18(17)22(25)29/h1-8,14H,9-13,23H2. The Hall–Kier alpha value is -3.36. The molecule has 0 saturated carbocycles. The maximum absolute atomic E-state index is 12.5. The maximum Gasteiger partial charge on any atom is 0.261 e. The van der Waals surface area contributed by atoms with Crippen molar-refractivity contribution in [1.82, 2.24) is 9.80 Å². The van der Waals surface area contributed by atoms with Gasteiger partial charge in [-0.1, -0.05) is 24.3 Å². The lowest BCUT2D eigenvalue weighted by Crippen LogP contribution is -2.35. The summed E-state index contributed by atoms with van der Waals surface area (Å²) in [6.45, 7) is 0.608. The lowest BCUT2D eigenvalue weighted by molar-refractivity contribution is 0.0575. The Labute approximate surface area is 173 Å². The van der Waals surface area contributed by atoms with Gasteiger partial charge in [0, 0.05) is 13.1 Å². The van der Waals surface area contributed by atoms with Crippen LogP contribution in [0.4, 0.5) is 0 Å². The molecule has 0 fully saturated rings. The van der Waals surface area contributed by atoms with E-state index in [1.54, 1.807) is 48.5 Å². The third-order valence-corrected chi connectivity index (χ3v) is 5.61. The summed E-state index contributed by atoms with van der Waals surface area (Å²) in [6.07, 6.45) is 0.900. The van der Waals surface area contributed by atoms with E-state index >= 15 is 0 Å². The van der Waals surface area contributed by atoms with Crippen molar-refractivity contribution in [2.75, 3.05) is 19.7 Å². The number of rotatable bonds is 8. The molecule has 4 rings (SSSR count). The van der Waals surface area contributed by atoms with Crippen LogP contribution in [0.25, 0.3) is 0 Å². The van der Waals surface area contributed by atoms with Gasteiger partial charge in [0.2, 0.25) is 0 Å². The van der Waals surface area contributed by atoms with Crippen LogP contribution in [0, 0.1) is 5.92 Å². The summed E-state index contributed by atoms with van der Waals surface area (Å²) in [5.41, 5.74) is 1.61. The predicted octanol–water partition coefficient (Wildman–Crippen LogP) is 1.87. The molecule has 0 radical (unpaired) electrons. The van der Waals surface area contributed by atoms with Crippen molar-refractivity contribution in [3.63, 3.8) is 0 Å². The average molecular weight is 407 g/mol. The molecule has 0 atom stereocenters. The van der Waals surface area contributed by atoms with Crippen LogP contribution in [-0.4, -0.2) is 53.1 Å². The molecule has 0 bridgehead atoms. The van der Waals surface area contributed by atoms with Crippen molar-refractivity contribution in [3.8, 4) is 0 Å². The van der Waals surface area contributed by atoms with Crippen molar-refractivity contribution in [2.24, 2.45) is 11.8 Å². The molecule has 0 unspecified atom stereocenters. The lowest BCUT2D eigenvalue weighted by atomic mass is 10.0. The number of carbonyl (C=O) groups is 4. The van der Waals surface area contributed by atoms with Crippen LogP contribution < -0.4 is 5.90 Å². The maximum atomic E-state index is 12.5.